The van der Waals surface area contributed by atoms with E-state index in [9.17, 15) is 4.79 Å². The molecule has 0 spiro atoms. The molecule has 3 rings (SSSR count). The van der Waals surface area contributed by atoms with Crippen molar-refractivity contribution >= 4 is 5.91 Å². The predicted octanol–water partition coefficient (Wildman–Crippen LogP) is 2.83. The van der Waals surface area contributed by atoms with Crippen LogP contribution in [-0.2, 0) is 4.79 Å². The number of nitrogens with one attached hydrogen (secondary N) is 1. The van der Waals surface area contributed by atoms with E-state index in [2.05, 4.69) is 12.2 Å². The first-order chi connectivity index (χ1) is 9.61. The quantitative estimate of drug-likeness (QED) is 0.831. The molecule has 4 unspecified atom stereocenters. The molecule has 114 valence electrons. The van der Waals surface area contributed by atoms with E-state index in [1.54, 1.807) is 0 Å². The Morgan fingerprint density at radius 3 is 2.50 bits per heavy atom. The molecule has 0 aromatic carbocycles. The normalized spacial score (nSPS) is 41.6. The molecule has 0 saturated heterocycles. The Bertz CT molecular complexity index is 349. The van der Waals surface area contributed by atoms with Crippen LogP contribution in [0.2, 0.25) is 0 Å². The van der Waals surface area contributed by atoms with Gasteiger partial charge in [0.05, 0.1) is 0 Å². The molecule has 3 saturated carbocycles. The molecule has 0 heterocycles. The molecule has 3 aliphatic rings. The van der Waals surface area contributed by atoms with Crippen molar-refractivity contribution in [1.29, 1.82) is 0 Å². The first kappa shape index (κ1) is 14.4. The van der Waals surface area contributed by atoms with Gasteiger partial charge in [0.25, 0.3) is 0 Å². The van der Waals surface area contributed by atoms with E-state index in [1.807, 2.05) is 0 Å². The van der Waals surface area contributed by atoms with E-state index in [-0.39, 0.29) is 5.91 Å². The van der Waals surface area contributed by atoms with Crippen molar-refractivity contribution in [1.82, 2.24) is 5.32 Å². The van der Waals surface area contributed by atoms with Gasteiger partial charge in [0.15, 0.2) is 0 Å². The van der Waals surface area contributed by atoms with Gasteiger partial charge in [0.2, 0.25) is 5.91 Å². The summed E-state index contributed by atoms with van der Waals surface area (Å²) in [7, 11) is 0. The summed E-state index contributed by atoms with van der Waals surface area (Å²) >= 11 is 0. The largest absolute Gasteiger partial charge is 0.353 e. The summed E-state index contributed by atoms with van der Waals surface area (Å²) in [6.07, 6.45) is 10.8. The van der Waals surface area contributed by atoms with E-state index < -0.39 is 0 Å². The smallest absolute Gasteiger partial charge is 0.220 e. The second kappa shape index (κ2) is 6.05. The zero-order chi connectivity index (χ0) is 14.1. The van der Waals surface area contributed by atoms with Gasteiger partial charge in [-0.25, -0.2) is 0 Å². The lowest BCUT2D eigenvalue weighted by molar-refractivity contribution is -0.123. The zero-order valence-electron chi connectivity index (χ0n) is 12.8. The topological polar surface area (TPSA) is 55.1 Å². The summed E-state index contributed by atoms with van der Waals surface area (Å²) in [5.41, 5.74) is 5.93. The van der Waals surface area contributed by atoms with Crippen molar-refractivity contribution in [2.24, 2.45) is 29.4 Å². The second-order valence-corrected chi connectivity index (χ2v) is 7.68. The SMILES string of the molecule is CC(NC(=O)CC1CCC(N)CC1)C1CC2CCC1C2. The van der Waals surface area contributed by atoms with Crippen molar-refractivity contribution in [3.63, 3.8) is 0 Å². The molecule has 0 aromatic heterocycles. The molecular weight excluding hydrogens is 248 g/mol. The van der Waals surface area contributed by atoms with Gasteiger partial charge in [-0.2, -0.15) is 0 Å². The van der Waals surface area contributed by atoms with Crippen LogP contribution in [0.4, 0.5) is 0 Å². The highest BCUT2D eigenvalue weighted by Crippen LogP contribution is 2.49. The summed E-state index contributed by atoms with van der Waals surface area (Å²) in [6.45, 7) is 2.22. The third-order valence-corrected chi connectivity index (χ3v) is 6.19. The average molecular weight is 278 g/mol. The highest BCUT2D eigenvalue weighted by Gasteiger charge is 2.42. The summed E-state index contributed by atoms with van der Waals surface area (Å²) in [4.78, 5) is 12.2. The molecule has 3 heteroatoms. The minimum absolute atomic E-state index is 0.278. The van der Waals surface area contributed by atoms with Crippen LogP contribution >= 0.6 is 0 Å². The van der Waals surface area contributed by atoms with Gasteiger partial charge < -0.3 is 11.1 Å². The number of carbonyl (C=O) groups is 1. The summed E-state index contributed by atoms with van der Waals surface area (Å²) in [5, 5.41) is 3.30. The van der Waals surface area contributed by atoms with Gasteiger partial charge in [-0.05, 0) is 75.5 Å². The molecule has 4 atom stereocenters. The first-order valence-corrected chi connectivity index (χ1v) is 8.66. The Morgan fingerprint density at radius 2 is 1.90 bits per heavy atom. The van der Waals surface area contributed by atoms with E-state index in [0.717, 1.165) is 49.9 Å². The lowest BCUT2D eigenvalue weighted by atomic mass is 9.83. The number of hydrogen-bond acceptors (Lipinski definition) is 2. The fourth-order valence-electron chi connectivity index (χ4n) is 4.98. The fraction of sp³-hybridized carbons (Fsp3) is 0.941. The van der Waals surface area contributed by atoms with Crippen LogP contribution < -0.4 is 11.1 Å². The van der Waals surface area contributed by atoms with E-state index in [0.29, 0.717) is 18.0 Å². The fourth-order valence-corrected chi connectivity index (χ4v) is 4.98. The van der Waals surface area contributed by atoms with Crippen LogP contribution in [0, 0.1) is 23.7 Å². The van der Waals surface area contributed by atoms with Crippen LogP contribution in [0.1, 0.15) is 64.7 Å². The molecule has 3 aliphatic carbocycles. The lowest BCUT2D eigenvalue weighted by Crippen LogP contribution is -2.41. The Morgan fingerprint density at radius 1 is 1.15 bits per heavy atom. The Balaban J connectivity index is 1.42. The lowest BCUT2D eigenvalue weighted by Gasteiger charge is -2.30. The number of rotatable bonds is 4. The Kier molecular flexibility index (Phi) is 4.34. The Hall–Kier alpha value is -0.570. The standard InChI is InChI=1S/C17H30N2O/c1-11(16-9-13-2-5-14(16)8-13)19-17(20)10-12-3-6-15(18)7-4-12/h11-16H,2-10,18H2,1H3,(H,19,20). The predicted molar refractivity (Wildman–Crippen MR) is 81.1 cm³/mol. The molecule has 20 heavy (non-hydrogen) atoms. The molecule has 3 fully saturated rings. The van der Waals surface area contributed by atoms with Crippen LogP contribution in [0.3, 0.4) is 0 Å². The van der Waals surface area contributed by atoms with Crippen molar-refractivity contribution < 1.29 is 4.79 Å². The van der Waals surface area contributed by atoms with Crippen LogP contribution in [0.15, 0.2) is 0 Å². The average Bonchev–Trinajstić information content (AvgIpc) is 3.03. The van der Waals surface area contributed by atoms with Crippen LogP contribution in [-0.4, -0.2) is 18.0 Å². The maximum Gasteiger partial charge on any atom is 0.220 e. The number of amides is 1. The summed E-state index contributed by atoms with van der Waals surface area (Å²) in [5.74, 6) is 3.45. The van der Waals surface area contributed by atoms with Crippen LogP contribution in [0.25, 0.3) is 0 Å². The molecule has 1 amide bonds. The van der Waals surface area contributed by atoms with Crippen molar-refractivity contribution in [2.75, 3.05) is 0 Å². The highest BCUT2D eigenvalue weighted by atomic mass is 16.1. The van der Waals surface area contributed by atoms with E-state index >= 15 is 0 Å². The summed E-state index contributed by atoms with van der Waals surface area (Å²) < 4.78 is 0. The maximum atomic E-state index is 12.2. The molecule has 3 N–H and O–H groups in total. The molecular formula is C17H30N2O. The number of nitrogens with two attached hydrogens (primary N) is 1. The summed E-state index contributed by atoms with van der Waals surface area (Å²) in [6, 6.07) is 0.755. The maximum absolute atomic E-state index is 12.2. The second-order valence-electron chi connectivity index (χ2n) is 7.68. The molecule has 0 aliphatic heterocycles. The van der Waals surface area contributed by atoms with Gasteiger partial charge in [-0.1, -0.05) is 6.42 Å². The van der Waals surface area contributed by atoms with Crippen LogP contribution in [0.5, 0.6) is 0 Å². The third-order valence-electron chi connectivity index (χ3n) is 6.19. The monoisotopic (exact) mass is 278 g/mol. The minimum Gasteiger partial charge on any atom is -0.353 e. The Labute approximate surface area is 123 Å². The van der Waals surface area contributed by atoms with Crippen molar-refractivity contribution in [3.8, 4) is 0 Å². The number of hydrogen-bond donors (Lipinski definition) is 2. The van der Waals surface area contributed by atoms with Gasteiger partial charge in [-0.3, -0.25) is 4.79 Å². The third kappa shape index (κ3) is 3.19. The number of carbonyl (C=O) groups excluding carboxylic acids is 1. The van der Waals surface area contributed by atoms with Gasteiger partial charge >= 0.3 is 0 Å². The molecule has 0 aromatic rings. The van der Waals surface area contributed by atoms with E-state index in [4.69, 9.17) is 5.73 Å². The van der Waals surface area contributed by atoms with Gasteiger partial charge in [0.1, 0.15) is 0 Å². The zero-order valence-corrected chi connectivity index (χ0v) is 12.8. The minimum atomic E-state index is 0.278. The first-order valence-electron chi connectivity index (χ1n) is 8.66. The van der Waals surface area contributed by atoms with Gasteiger partial charge in [0, 0.05) is 18.5 Å². The van der Waals surface area contributed by atoms with E-state index in [1.165, 1.54) is 25.7 Å². The number of fused-ring (bicyclic) bond motifs is 2. The highest BCUT2D eigenvalue weighted by molar-refractivity contribution is 5.76. The van der Waals surface area contributed by atoms with Crippen molar-refractivity contribution in [3.05, 3.63) is 0 Å². The molecule has 2 bridgehead atoms. The molecule has 0 radical (unpaired) electrons. The molecule has 3 nitrogen and oxygen atoms in total. The van der Waals surface area contributed by atoms with Crippen molar-refractivity contribution in [2.45, 2.75) is 76.8 Å². The van der Waals surface area contributed by atoms with Gasteiger partial charge in [-0.15, -0.1) is 0 Å².